The molecule has 2 heterocycles. The largest absolute Gasteiger partial charge is 0.368 e. The first-order valence-electron chi connectivity index (χ1n) is 5.11. The van der Waals surface area contributed by atoms with E-state index in [-0.39, 0.29) is 12.0 Å². The summed E-state index contributed by atoms with van der Waals surface area (Å²) in [5.41, 5.74) is 1.07. The van der Waals surface area contributed by atoms with Crippen LogP contribution in [0.2, 0.25) is 0 Å². The van der Waals surface area contributed by atoms with Gasteiger partial charge in [-0.25, -0.2) is 4.98 Å². The van der Waals surface area contributed by atoms with Crippen molar-refractivity contribution in [3.8, 4) is 0 Å². The molecule has 1 saturated heterocycles. The lowest BCUT2D eigenvalue weighted by atomic mass is 10.2. The van der Waals surface area contributed by atoms with Gasteiger partial charge in [0.2, 0.25) is 0 Å². The third kappa shape index (κ3) is 2.53. The van der Waals surface area contributed by atoms with Crippen LogP contribution in [0.5, 0.6) is 0 Å². The van der Waals surface area contributed by atoms with Gasteiger partial charge in [0.1, 0.15) is 11.9 Å². The van der Waals surface area contributed by atoms with Crippen molar-refractivity contribution >= 4 is 11.7 Å². The van der Waals surface area contributed by atoms with Gasteiger partial charge in [-0.2, -0.15) is 0 Å². The van der Waals surface area contributed by atoms with Crippen LogP contribution in [0.3, 0.4) is 0 Å². The van der Waals surface area contributed by atoms with Gasteiger partial charge >= 0.3 is 0 Å². The highest BCUT2D eigenvalue weighted by atomic mass is 16.5. The average molecular weight is 206 g/mol. The zero-order valence-electron chi connectivity index (χ0n) is 8.69. The molecule has 1 amide bonds. The van der Waals surface area contributed by atoms with E-state index in [1.807, 2.05) is 13.0 Å². The van der Waals surface area contributed by atoms with Gasteiger partial charge in [0.25, 0.3) is 5.91 Å². The van der Waals surface area contributed by atoms with Crippen LogP contribution in [0.25, 0.3) is 0 Å². The summed E-state index contributed by atoms with van der Waals surface area (Å²) in [5.74, 6) is 0.491. The summed E-state index contributed by atoms with van der Waals surface area (Å²) in [5, 5.41) is 2.74. The highest BCUT2D eigenvalue weighted by Gasteiger charge is 2.23. The van der Waals surface area contributed by atoms with Gasteiger partial charge in [-0.3, -0.25) is 4.79 Å². The Balaban J connectivity index is 1.96. The molecule has 0 aromatic carbocycles. The molecule has 0 bridgehead atoms. The first kappa shape index (κ1) is 10.1. The lowest BCUT2D eigenvalue weighted by Crippen LogP contribution is -2.27. The number of amides is 1. The van der Waals surface area contributed by atoms with E-state index < -0.39 is 0 Å². The lowest BCUT2D eigenvalue weighted by Gasteiger charge is -2.09. The smallest absolute Gasteiger partial charge is 0.254 e. The van der Waals surface area contributed by atoms with Crippen LogP contribution in [0.15, 0.2) is 18.3 Å². The van der Waals surface area contributed by atoms with Crippen LogP contribution in [-0.2, 0) is 9.53 Å². The van der Waals surface area contributed by atoms with E-state index in [0.29, 0.717) is 12.4 Å². The Morgan fingerprint density at radius 2 is 2.47 bits per heavy atom. The summed E-state index contributed by atoms with van der Waals surface area (Å²) in [6.07, 6.45) is 3.19. The van der Waals surface area contributed by atoms with E-state index in [2.05, 4.69) is 10.3 Å². The van der Waals surface area contributed by atoms with Crippen molar-refractivity contribution in [1.29, 1.82) is 0 Å². The van der Waals surface area contributed by atoms with Crippen LogP contribution in [-0.4, -0.2) is 23.6 Å². The predicted molar refractivity (Wildman–Crippen MR) is 56.6 cm³/mol. The maximum absolute atomic E-state index is 11.6. The molecule has 0 spiro atoms. The van der Waals surface area contributed by atoms with Crippen molar-refractivity contribution in [3.63, 3.8) is 0 Å². The van der Waals surface area contributed by atoms with Crippen LogP contribution in [0, 0.1) is 6.92 Å². The number of hydrogen-bond donors (Lipinski definition) is 1. The fourth-order valence-electron chi connectivity index (χ4n) is 1.53. The second-order valence-corrected chi connectivity index (χ2v) is 3.71. The Labute approximate surface area is 88.7 Å². The second kappa shape index (κ2) is 4.40. The van der Waals surface area contributed by atoms with Gasteiger partial charge < -0.3 is 10.1 Å². The van der Waals surface area contributed by atoms with Gasteiger partial charge in [-0.1, -0.05) is 6.07 Å². The van der Waals surface area contributed by atoms with Gasteiger partial charge in [0, 0.05) is 12.8 Å². The molecule has 1 aromatic rings. The number of nitrogens with one attached hydrogen (secondary N) is 1. The van der Waals surface area contributed by atoms with Crippen LogP contribution in [0.1, 0.15) is 18.4 Å². The minimum atomic E-state index is -0.298. The number of hydrogen-bond acceptors (Lipinski definition) is 3. The monoisotopic (exact) mass is 206 g/mol. The molecular formula is C11H14N2O2. The Morgan fingerprint density at radius 1 is 1.60 bits per heavy atom. The highest BCUT2D eigenvalue weighted by molar-refractivity contribution is 5.93. The zero-order valence-corrected chi connectivity index (χ0v) is 8.69. The van der Waals surface area contributed by atoms with E-state index in [4.69, 9.17) is 4.74 Å². The summed E-state index contributed by atoms with van der Waals surface area (Å²) in [6, 6.07) is 3.71. The number of carbonyl (C=O) groups is 1. The molecule has 1 aliphatic heterocycles. The molecule has 1 aromatic heterocycles. The van der Waals surface area contributed by atoms with E-state index in [9.17, 15) is 4.79 Å². The van der Waals surface area contributed by atoms with Gasteiger partial charge in [0.15, 0.2) is 0 Å². The fourth-order valence-corrected chi connectivity index (χ4v) is 1.53. The fraction of sp³-hybridized carbons (Fsp3) is 0.455. The van der Waals surface area contributed by atoms with Crippen molar-refractivity contribution in [3.05, 3.63) is 23.9 Å². The Hall–Kier alpha value is -1.42. The average Bonchev–Trinajstić information content (AvgIpc) is 2.74. The number of ether oxygens (including phenoxy) is 1. The maximum Gasteiger partial charge on any atom is 0.254 e. The molecule has 15 heavy (non-hydrogen) atoms. The van der Waals surface area contributed by atoms with Crippen molar-refractivity contribution in [1.82, 2.24) is 4.98 Å². The van der Waals surface area contributed by atoms with Crippen molar-refractivity contribution < 1.29 is 9.53 Å². The van der Waals surface area contributed by atoms with Gasteiger partial charge in [-0.15, -0.1) is 0 Å². The predicted octanol–water partition coefficient (Wildman–Crippen LogP) is 1.51. The number of anilines is 1. The molecule has 80 valence electrons. The van der Waals surface area contributed by atoms with Crippen LogP contribution >= 0.6 is 0 Å². The molecule has 1 N–H and O–H groups in total. The first-order valence-corrected chi connectivity index (χ1v) is 5.11. The summed E-state index contributed by atoms with van der Waals surface area (Å²) in [7, 11) is 0. The third-order valence-corrected chi connectivity index (χ3v) is 2.38. The number of nitrogens with zero attached hydrogens (tertiary/aromatic N) is 1. The summed E-state index contributed by atoms with van der Waals surface area (Å²) in [6.45, 7) is 2.64. The van der Waals surface area contributed by atoms with E-state index in [0.717, 1.165) is 18.4 Å². The maximum atomic E-state index is 11.6. The topological polar surface area (TPSA) is 51.2 Å². The summed E-state index contributed by atoms with van der Waals surface area (Å²) < 4.78 is 5.27. The summed E-state index contributed by atoms with van der Waals surface area (Å²) >= 11 is 0. The van der Waals surface area contributed by atoms with E-state index in [1.165, 1.54) is 0 Å². The molecule has 0 radical (unpaired) electrons. The Bertz CT molecular complexity index is 342. The van der Waals surface area contributed by atoms with E-state index >= 15 is 0 Å². The van der Waals surface area contributed by atoms with Gasteiger partial charge in [0.05, 0.1) is 0 Å². The minimum Gasteiger partial charge on any atom is -0.368 e. The molecule has 4 heteroatoms. The molecular weight excluding hydrogens is 192 g/mol. The molecule has 1 fully saturated rings. The molecule has 0 aliphatic carbocycles. The third-order valence-electron chi connectivity index (χ3n) is 2.38. The molecule has 0 unspecified atom stereocenters. The molecule has 1 atom stereocenters. The SMILES string of the molecule is Cc1ccc(NC(=O)[C@H]2CCCO2)nc1. The van der Waals surface area contributed by atoms with Crippen molar-refractivity contribution in [2.45, 2.75) is 25.9 Å². The Morgan fingerprint density at radius 3 is 3.07 bits per heavy atom. The number of aryl methyl sites for hydroxylation is 1. The second-order valence-electron chi connectivity index (χ2n) is 3.71. The number of aromatic nitrogens is 1. The zero-order chi connectivity index (χ0) is 10.7. The number of carbonyl (C=O) groups excluding carboxylic acids is 1. The van der Waals surface area contributed by atoms with E-state index in [1.54, 1.807) is 12.3 Å². The quantitative estimate of drug-likeness (QED) is 0.798. The minimum absolute atomic E-state index is 0.0937. The lowest BCUT2D eigenvalue weighted by molar-refractivity contribution is -0.124. The molecule has 1 aliphatic rings. The Kier molecular flexibility index (Phi) is 2.97. The van der Waals surface area contributed by atoms with Crippen LogP contribution in [0.4, 0.5) is 5.82 Å². The first-order chi connectivity index (χ1) is 7.25. The van der Waals surface area contributed by atoms with Crippen LogP contribution < -0.4 is 5.32 Å². The van der Waals surface area contributed by atoms with Gasteiger partial charge in [-0.05, 0) is 31.4 Å². The standard InChI is InChI=1S/C11H14N2O2/c1-8-4-5-10(12-7-8)13-11(14)9-3-2-6-15-9/h4-5,7,9H,2-3,6H2,1H3,(H,12,13,14)/t9-/m1/s1. The van der Waals surface area contributed by atoms with Crippen molar-refractivity contribution in [2.75, 3.05) is 11.9 Å². The molecule has 4 nitrogen and oxygen atoms in total. The number of rotatable bonds is 2. The van der Waals surface area contributed by atoms with Crippen molar-refractivity contribution in [2.24, 2.45) is 0 Å². The molecule has 0 saturated carbocycles. The normalized spacial score (nSPS) is 20.2. The molecule has 2 rings (SSSR count). The number of pyridine rings is 1. The summed E-state index contributed by atoms with van der Waals surface area (Å²) in [4.78, 5) is 15.7. The highest BCUT2D eigenvalue weighted by Crippen LogP contribution is 2.14.